The third-order valence-corrected chi connectivity index (χ3v) is 2.66. The summed E-state index contributed by atoms with van der Waals surface area (Å²) in [6.45, 7) is 6.53. The lowest BCUT2D eigenvalue weighted by Crippen LogP contribution is -2.40. The summed E-state index contributed by atoms with van der Waals surface area (Å²) in [5.41, 5.74) is 0.750. The highest BCUT2D eigenvalue weighted by Crippen LogP contribution is 2.45. The first-order chi connectivity index (χ1) is 4.29. The molecule has 0 spiro atoms. The average molecular weight is 125 g/mol. The van der Waals surface area contributed by atoms with Crippen LogP contribution in [0.15, 0.2) is 0 Å². The zero-order chi connectivity index (χ0) is 6.32. The average Bonchev–Trinajstić information content (AvgIpc) is 2.39. The first-order valence-electron chi connectivity index (χ1n) is 4.01. The van der Waals surface area contributed by atoms with E-state index in [9.17, 15) is 0 Å². The molecule has 1 heteroatoms. The van der Waals surface area contributed by atoms with E-state index in [2.05, 4.69) is 11.8 Å². The van der Waals surface area contributed by atoms with E-state index >= 15 is 0 Å². The summed E-state index contributed by atoms with van der Waals surface area (Å²) in [5.74, 6) is 0. The van der Waals surface area contributed by atoms with Crippen LogP contribution in [0.1, 0.15) is 26.2 Å². The molecule has 0 aromatic carbocycles. The van der Waals surface area contributed by atoms with Gasteiger partial charge >= 0.3 is 0 Å². The Bertz CT molecular complexity index is 112. The van der Waals surface area contributed by atoms with E-state index < -0.39 is 0 Å². The summed E-state index contributed by atoms with van der Waals surface area (Å²) < 4.78 is 0. The van der Waals surface area contributed by atoms with E-state index in [4.69, 9.17) is 0 Å². The maximum atomic E-state index is 2.58. The lowest BCUT2D eigenvalue weighted by Gasteiger charge is -2.33. The van der Waals surface area contributed by atoms with Crippen molar-refractivity contribution >= 4 is 0 Å². The Balaban J connectivity index is 1.76. The second-order valence-corrected chi connectivity index (χ2v) is 3.94. The molecule has 9 heavy (non-hydrogen) atoms. The molecule has 2 rings (SSSR count). The van der Waals surface area contributed by atoms with Crippen LogP contribution >= 0.6 is 0 Å². The van der Waals surface area contributed by atoms with Gasteiger partial charge in [0.1, 0.15) is 0 Å². The fraction of sp³-hybridized carbons (Fsp3) is 1.00. The van der Waals surface area contributed by atoms with Crippen molar-refractivity contribution in [1.82, 2.24) is 4.90 Å². The van der Waals surface area contributed by atoms with Gasteiger partial charge in [0, 0.05) is 6.54 Å². The molecular weight excluding hydrogens is 110 g/mol. The van der Waals surface area contributed by atoms with Gasteiger partial charge in [-0.15, -0.1) is 0 Å². The first kappa shape index (κ1) is 5.72. The first-order valence-corrected chi connectivity index (χ1v) is 4.01. The second-order valence-electron chi connectivity index (χ2n) is 3.94. The minimum Gasteiger partial charge on any atom is -0.303 e. The van der Waals surface area contributed by atoms with Crippen molar-refractivity contribution in [1.29, 1.82) is 0 Å². The Hall–Kier alpha value is -0.0400. The molecule has 1 nitrogen and oxygen atoms in total. The minimum atomic E-state index is 0.750. The molecule has 0 bridgehead atoms. The van der Waals surface area contributed by atoms with Crippen LogP contribution in [0.4, 0.5) is 0 Å². The molecule has 1 heterocycles. The van der Waals surface area contributed by atoms with E-state index in [1.165, 1.54) is 38.9 Å². The van der Waals surface area contributed by atoms with Crippen molar-refractivity contribution in [2.45, 2.75) is 26.2 Å². The molecule has 0 aromatic heterocycles. The smallest absolute Gasteiger partial charge is 0.00353 e. The number of likely N-dealkylation sites (tertiary alicyclic amines) is 1. The number of hydrogen-bond donors (Lipinski definition) is 0. The molecule has 0 aromatic rings. The molecule has 0 unspecified atom stereocenters. The maximum Gasteiger partial charge on any atom is 0.00353 e. The van der Waals surface area contributed by atoms with Crippen molar-refractivity contribution in [3.63, 3.8) is 0 Å². The summed E-state index contributed by atoms with van der Waals surface area (Å²) in [4.78, 5) is 2.58. The molecule has 1 saturated carbocycles. The van der Waals surface area contributed by atoms with E-state index in [1.54, 1.807) is 0 Å². The Morgan fingerprint density at radius 3 is 2.33 bits per heavy atom. The Labute approximate surface area is 57.0 Å². The summed E-state index contributed by atoms with van der Waals surface area (Å²) >= 11 is 0. The van der Waals surface area contributed by atoms with Gasteiger partial charge in [0.05, 0.1) is 0 Å². The van der Waals surface area contributed by atoms with E-state index in [0.717, 1.165) is 5.41 Å². The van der Waals surface area contributed by atoms with Crippen LogP contribution < -0.4 is 0 Å². The zero-order valence-electron chi connectivity index (χ0n) is 6.19. The highest BCUT2D eigenvalue weighted by Gasteiger charge is 2.39. The molecule has 0 N–H and O–H groups in total. The minimum absolute atomic E-state index is 0.750. The van der Waals surface area contributed by atoms with Crippen molar-refractivity contribution in [2.75, 3.05) is 19.6 Å². The van der Waals surface area contributed by atoms with Gasteiger partial charge in [-0.2, -0.15) is 0 Å². The van der Waals surface area contributed by atoms with Gasteiger partial charge in [-0.3, -0.25) is 0 Å². The van der Waals surface area contributed by atoms with Crippen LogP contribution in [0.5, 0.6) is 0 Å². The van der Waals surface area contributed by atoms with Gasteiger partial charge in [0.2, 0.25) is 0 Å². The van der Waals surface area contributed by atoms with Crippen LogP contribution in [-0.4, -0.2) is 24.5 Å². The molecular formula is C8H15N. The quantitative estimate of drug-likeness (QED) is 0.540. The molecule has 1 aliphatic carbocycles. The molecule has 52 valence electrons. The van der Waals surface area contributed by atoms with Crippen LogP contribution in [0, 0.1) is 5.41 Å². The van der Waals surface area contributed by atoms with Gasteiger partial charge < -0.3 is 4.90 Å². The van der Waals surface area contributed by atoms with Gasteiger partial charge in [-0.05, 0) is 37.8 Å². The lowest BCUT2D eigenvalue weighted by atomic mass is 10.1. The molecule has 1 aliphatic heterocycles. The monoisotopic (exact) mass is 125 g/mol. The number of nitrogens with zero attached hydrogens (tertiary/aromatic N) is 1. The van der Waals surface area contributed by atoms with Crippen molar-refractivity contribution in [3.05, 3.63) is 0 Å². The topological polar surface area (TPSA) is 3.24 Å². The van der Waals surface area contributed by atoms with Gasteiger partial charge in [-0.1, -0.05) is 6.92 Å². The SMILES string of the molecule is CC1(CN2CCC2)CC1. The predicted octanol–water partition coefficient (Wildman–Crippen LogP) is 1.49. The molecule has 0 amide bonds. The predicted molar refractivity (Wildman–Crippen MR) is 38.4 cm³/mol. The third kappa shape index (κ3) is 1.11. The normalized spacial score (nSPS) is 31.7. The maximum absolute atomic E-state index is 2.58. The standard InChI is InChI=1S/C8H15N/c1-8(3-4-8)7-9-5-2-6-9/h2-7H2,1H3. The fourth-order valence-corrected chi connectivity index (χ4v) is 1.45. The summed E-state index contributed by atoms with van der Waals surface area (Å²) in [7, 11) is 0. The Morgan fingerprint density at radius 2 is 2.00 bits per heavy atom. The van der Waals surface area contributed by atoms with Crippen molar-refractivity contribution in [3.8, 4) is 0 Å². The highest BCUT2D eigenvalue weighted by atomic mass is 15.2. The van der Waals surface area contributed by atoms with Crippen LogP contribution in [0.25, 0.3) is 0 Å². The van der Waals surface area contributed by atoms with E-state index in [0.29, 0.717) is 0 Å². The highest BCUT2D eigenvalue weighted by molar-refractivity contribution is 4.92. The second kappa shape index (κ2) is 1.72. The summed E-state index contributed by atoms with van der Waals surface area (Å²) in [5, 5.41) is 0. The van der Waals surface area contributed by atoms with Crippen molar-refractivity contribution in [2.24, 2.45) is 5.41 Å². The molecule has 0 atom stereocenters. The van der Waals surface area contributed by atoms with Gasteiger partial charge in [0.25, 0.3) is 0 Å². The third-order valence-electron chi connectivity index (χ3n) is 2.66. The largest absolute Gasteiger partial charge is 0.303 e. The van der Waals surface area contributed by atoms with E-state index in [1.807, 2.05) is 0 Å². The van der Waals surface area contributed by atoms with Crippen LogP contribution in [0.2, 0.25) is 0 Å². The fourth-order valence-electron chi connectivity index (χ4n) is 1.45. The van der Waals surface area contributed by atoms with Crippen molar-refractivity contribution < 1.29 is 0 Å². The number of rotatable bonds is 2. The summed E-state index contributed by atoms with van der Waals surface area (Å²) in [6.07, 6.45) is 4.39. The summed E-state index contributed by atoms with van der Waals surface area (Å²) in [6, 6.07) is 0. The molecule has 1 saturated heterocycles. The molecule has 2 aliphatic rings. The van der Waals surface area contributed by atoms with E-state index in [-0.39, 0.29) is 0 Å². The van der Waals surface area contributed by atoms with Gasteiger partial charge in [-0.25, -0.2) is 0 Å². The van der Waals surface area contributed by atoms with Gasteiger partial charge in [0.15, 0.2) is 0 Å². The molecule has 0 radical (unpaired) electrons. The lowest BCUT2D eigenvalue weighted by molar-refractivity contribution is 0.149. The van der Waals surface area contributed by atoms with Crippen LogP contribution in [0.3, 0.4) is 0 Å². The Kier molecular flexibility index (Phi) is 1.10. The Morgan fingerprint density at radius 1 is 1.33 bits per heavy atom. The van der Waals surface area contributed by atoms with Crippen LogP contribution in [-0.2, 0) is 0 Å². The zero-order valence-corrected chi connectivity index (χ0v) is 6.19. The number of hydrogen-bond acceptors (Lipinski definition) is 1. The molecule has 2 fully saturated rings.